The second kappa shape index (κ2) is 2.13. The van der Waals surface area contributed by atoms with Crippen LogP contribution in [-0.4, -0.2) is 30.4 Å². The van der Waals surface area contributed by atoms with Crippen LogP contribution in [0, 0.1) is 7.05 Å². The van der Waals surface area contributed by atoms with Crippen molar-refractivity contribution in [2.24, 2.45) is 0 Å². The molecule has 1 saturated heterocycles. The fourth-order valence-corrected chi connectivity index (χ4v) is 0.691. The third kappa shape index (κ3) is 1.20. The molecule has 3 heteroatoms. The van der Waals surface area contributed by atoms with Gasteiger partial charge in [0.1, 0.15) is 0 Å². The van der Waals surface area contributed by atoms with E-state index in [0.29, 0.717) is 6.54 Å². The number of hydrogen-bond acceptors (Lipinski definition) is 2. The molecular formula is C5H9N2O. The van der Waals surface area contributed by atoms with Gasteiger partial charge in [0.25, 0.3) is 0 Å². The number of rotatable bonds is 0. The Morgan fingerprint density at radius 2 is 2.50 bits per heavy atom. The molecule has 0 aromatic rings. The molecule has 1 radical (unpaired) electrons. The van der Waals surface area contributed by atoms with Crippen LogP contribution >= 0.6 is 0 Å². The van der Waals surface area contributed by atoms with Gasteiger partial charge in [-0.25, -0.2) is 0 Å². The smallest absolute Gasteiger partial charge is 0.234 e. The van der Waals surface area contributed by atoms with Crippen LogP contribution in [0.5, 0.6) is 0 Å². The minimum atomic E-state index is 0.0752. The summed E-state index contributed by atoms with van der Waals surface area (Å²) in [5, 5.41) is 2.69. The number of hydrogen-bond donors (Lipinski definition) is 1. The Kier molecular flexibility index (Phi) is 1.48. The lowest BCUT2D eigenvalue weighted by Crippen LogP contribution is -2.44. The summed E-state index contributed by atoms with van der Waals surface area (Å²) < 4.78 is 0. The van der Waals surface area contributed by atoms with E-state index in [-0.39, 0.29) is 5.91 Å². The Labute approximate surface area is 48.7 Å². The molecule has 3 nitrogen and oxygen atoms in total. The first-order valence-electron chi connectivity index (χ1n) is 2.61. The molecule has 1 aliphatic heterocycles. The molecule has 0 aromatic heterocycles. The highest BCUT2D eigenvalue weighted by molar-refractivity contribution is 5.78. The molecule has 1 fully saturated rings. The van der Waals surface area contributed by atoms with E-state index in [0.717, 1.165) is 13.1 Å². The normalized spacial score (nSPS) is 22.9. The fourth-order valence-electron chi connectivity index (χ4n) is 0.691. The van der Waals surface area contributed by atoms with Crippen molar-refractivity contribution in [1.29, 1.82) is 0 Å². The van der Waals surface area contributed by atoms with E-state index in [1.807, 2.05) is 0 Å². The van der Waals surface area contributed by atoms with E-state index in [2.05, 4.69) is 12.4 Å². The van der Waals surface area contributed by atoms with Crippen molar-refractivity contribution in [3.05, 3.63) is 7.05 Å². The summed E-state index contributed by atoms with van der Waals surface area (Å²) in [6.45, 7) is 2.05. The molecule has 1 N–H and O–H groups in total. The third-order valence-electron chi connectivity index (χ3n) is 1.12. The van der Waals surface area contributed by atoms with Gasteiger partial charge in [-0.15, -0.1) is 0 Å². The van der Waals surface area contributed by atoms with Gasteiger partial charge in [-0.2, -0.15) is 0 Å². The van der Waals surface area contributed by atoms with Crippen molar-refractivity contribution in [1.82, 2.24) is 10.2 Å². The first-order chi connectivity index (χ1) is 3.79. The number of amides is 1. The average Bonchev–Trinajstić information content (AvgIpc) is 1.64. The highest BCUT2D eigenvalue weighted by Crippen LogP contribution is 1.87. The number of carbonyl (C=O) groups is 1. The zero-order chi connectivity index (χ0) is 5.98. The van der Waals surface area contributed by atoms with Crippen LogP contribution in [-0.2, 0) is 4.79 Å². The van der Waals surface area contributed by atoms with E-state index >= 15 is 0 Å². The van der Waals surface area contributed by atoms with E-state index < -0.39 is 0 Å². The molecule has 0 atom stereocenters. The number of carbonyl (C=O) groups excluding carboxylic acids is 1. The zero-order valence-corrected chi connectivity index (χ0v) is 4.68. The maximum atomic E-state index is 10.5. The molecule has 1 rings (SSSR count). The van der Waals surface area contributed by atoms with Crippen LogP contribution in [0.3, 0.4) is 0 Å². The van der Waals surface area contributed by atoms with E-state index in [4.69, 9.17) is 0 Å². The van der Waals surface area contributed by atoms with E-state index in [1.54, 1.807) is 4.90 Å². The van der Waals surface area contributed by atoms with Crippen LogP contribution in [0.15, 0.2) is 0 Å². The summed E-state index contributed by atoms with van der Waals surface area (Å²) in [5.74, 6) is 0.0752. The quantitative estimate of drug-likeness (QED) is 0.446. The predicted octanol–water partition coefficient (Wildman–Crippen LogP) is -0.790. The molecule has 1 heterocycles. The maximum absolute atomic E-state index is 10.5. The van der Waals surface area contributed by atoms with Crippen molar-refractivity contribution in [2.45, 2.75) is 0 Å². The van der Waals surface area contributed by atoms with Gasteiger partial charge in [0, 0.05) is 20.1 Å². The van der Waals surface area contributed by atoms with Crippen molar-refractivity contribution in [3.63, 3.8) is 0 Å². The summed E-state index contributed by atoms with van der Waals surface area (Å²) in [5.41, 5.74) is 0. The lowest BCUT2D eigenvalue weighted by Gasteiger charge is -2.20. The molecule has 0 spiro atoms. The molecule has 0 bridgehead atoms. The molecule has 1 amide bonds. The topological polar surface area (TPSA) is 32.3 Å². The molecule has 8 heavy (non-hydrogen) atoms. The monoisotopic (exact) mass is 113 g/mol. The Balaban J connectivity index is 2.34. The van der Waals surface area contributed by atoms with Crippen LogP contribution in [0.2, 0.25) is 0 Å². The summed E-state index contributed by atoms with van der Waals surface area (Å²) in [7, 11) is 3.62. The molecule has 0 unspecified atom stereocenters. The number of nitrogens with zero attached hydrogens (tertiary/aromatic N) is 1. The molecule has 0 aromatic carbocycles. The standard InChI is InChI=1S/C5H9N2O/c1-7-3-2-6-5(8)4-7/h1-4H2,(H,6,8). The Bertz CT molecular complexity index is 103. The minimum absolute atomic E-state index is 0.0752. The second-order valence-corrected chi connectivity index (χ2v) is 1.90. The van der Waals surface area contributed by atoms with Gasteiger partial charge < -0.3 is 5.32 Å². The lowest BCUT2D eigenvalue weighted by molar-refractivity contribution is -0.123. The summed E-state index contributed by atoms with van der Waals surface area (Å²) in [4.78, 5) is 12.2. The molecule has 1 aliphatic rings. The van der Waals surface area contributed by atoms with Gasteiger partial charge >= 0.3 is 0 Å². The van der Waals surface area contributed by atoms with Crippen LogP contribution in [0.25, 0.3) is 0 Å². The van der Waals surface area contributed by atoms with Gasteiger partial charge in [-0.1, -0.05) is 0 Å². The van der Waals surface area contributed by atoms with Crippen molar-refractivity contribution < 1.29 is 4.79 Å². The first kappa shape index (κ1) is 5.56. The van der Waals surface area contributed by atoms with Gasteiger partial charge in [0.15, 0.2) is 0 Å². The predicted molar refractivity (Wildman–Crippen MR) is 29.9 cm³/mol. The summed E-state index contributed by atoms with van der Waals surface area (Å²) in [6.07, 6.45) is 0. The second-order valence-electron chi connectivity index (χ2n) is 1.90. The van der Waals surface area contributed by atoms with Crippen LogP contribution in [0.4, 0.5) is 0 Å². The van der Waals surface area contributed by atoms with Gasteiger partial charge in [-0.05, 0) is 0 Å². The van der Waals surface area contributed by atoms with Gasteiger partial charge in [-0.3, -0.25) is 9.69 Å². The lowest BCUT2D eigenvalue weighted by atomic mass is 10.4. The Hall–Kier alpha value is -0.570. The average molecular weight is 113 g/mol. The Morgan fingerprint density at radius 3 is 2.88 bits per heavy atom. The van der Waals surface area contributed by atoms with Gasteiger partial charge in [0.05, 0.1) is 6.54 Å². The maximum Gasteiger partial charge on any atom is 0.234 e. The SMILES string of the molecule is [CH2]N1CCNC(=O)C1. The molecular weight excluding hydrogens is 104 g/mol. The molecule has 0 saturated carbocycles. The highest BCUT2D eigenvalue weighted by Gasteiger charge is 2.10. The zero-order valence-electron chi connectivity index (χ0n) is 4.68. The first-order valence-corrected chi connectivity index (χ1v) is 2.61. The molecule has 0 aliphatic carbocycles. The number of nitrogens with one attached hydrogen (secondary N) is 1. The summed E-state index contributed by atoms with van der Waals surface area (Å²) >= 11 is 0. The van der Waals surface area contributed by atoms with Crippen molar-refractivity contribution in [3.8, 4) is 0 Å². The largest absolute Gasteiger partial charge is 0.354 e. The van der Waals surface area contributed by atoms with Gasteiger partial charge in [0.2, 0.25) is 5.91 Å². The number of piperazine rings is 1. The van der Waals surface area contributed by atoms with Crippen molar-refractivity contribution >= 4 is 5.91 Å². The Morgan fingerprint density at radius 1 is 1.75 bits per heavy atom. The summed E-state index contributed by atoms with van der Waals surface area (Å²) in [6, 6.07) is 0. The van der Waals surface area contributed by atoms with Crippen LogP contribution in [0.1, 0.15) is 0 Å². The van der Waals surface area contributed by atoms with Crippen molar-refractivity contribution in [2.75, 3.05) is 19.6 Å². The van der Waals surface area contributed by atoms with E-state index in [9.17, 15) is 4.79 Å². The highest BCUT2D eigenvalue weighted by atomic mass is 16.2. The minimum Gasteiger partial charge on any atom is -0.354 e. The third-order valence-corrected chi connectivity index (χ3v) is 1.12. The van der Waals surface area contributed by atoms with Crippen LogP contribution < -0.4 is 5.32 Å². The fraction of sp³-hybridized carbons (Fsp3) is 0.600. The van der Waals surface area contributed by atoms with E-state index in [1.165, 1.54) is 0 Å². The molecule has 45 valence electrons.